The fourth-order valence-corrected chi connectivity index (χ4v) is 2.09. The topological polar surface area (TPSA) is 71.4 Å². The largest absolute Gasteiger partial charge is 0.497 e. The van der Waals surface area contributed by atoms with Crippen LogP contribution in [0.25, 0.3) is 0 Å². The summed E-state index contributed by atoms with van der Waals surface area (Å²) < 4.78 is 49.1. The summed E-state index contributed by atoms with van der Waals surface area (Å²) in [7, 11) is 1.45. The van der Waals surface area contributed by atoms with E-state index >= 15 is 0 Å². The van der Waals surface area contributed by atoms with Crippen molar-refractivity contribution in [2.24, 2.45) is 5.10 Å². The number of rotatable bonds is 3. The number of halogens is 3. The molecule has 1 atom stereocenters. The van der Waals surface area contributed by atoms with Gasteiger partial charge < -0.3 is 14.6 Å². The highest BCUT2D eigenvalue weighted by atomic mass is 19.4. The van der Waals surface area contributed by atoms with Crippen LogP contribution in [0.5, 0.6) is 5.75 Å². The maximum atomic E-state index is 13.2. The van der Waals surface area contributed by atoms with Crippen molar-refractivity contribution in [3.05, 3.63) is 29.8 Å². The first-order valence-corrected chi connectivity index (χ1v) is 6.71. The monoisotopic (exact) mass is 332 g/mol. The lowest BCUT2D eigenvalue weighted by Gasteiger charge is -2.31. The third kappa shape index (κ3) is 3.09. The van der Waals surface area contributed by atoms with Crippen molar-refractivity contribution in [3.63, 3.8) is 0 Å². The molecule has 1 heterocycles. The van der Waals surface area contributed by atoms with E-state index in [9.17, 15) is 23.1 Å². The van der Waals surface area contributed by atoms with Crippen LogP contribution < -0.4 is 4.74 Å². The van der Waals surface area contributed by atoms with E-state index in [4.69, 9.17) is 4.74 Å². The normalized spacial score (nSPS) is 21.1. The Bertz CT molecular complexity index is 615. The summed E-state index contributed by atoms with van der Waals surface area (Å²) in [6, 6.07) is 6.06. The molecule has 0 saturated carbocycles. The van der Waals surface area contributed by atoms with Crippen molar-refractivity contribution in [2.45, 2.75) is 25.2 Å². The van der Waals surface area contributed by atoms with Crippen LogP contribution in [0.4, 0.5) is 18.0 Å². The van der Waals surface area contributed by atoms with Crippen LogP contribution in [-0.2, 0) is 4.74 Å². The number of amides is 1. The van der Waals surface area contributed by atoms with Crippen molar-refractivity contribution < 1.29 is 32.5 Å². The summed E-state index contributed by atoms with van der Waals surface area (Å²) in [5.41, 5.74) is -3.19. The molecule has 9 heteroatoms. The number of carbonyl (C=O) groups excluding carboxylic acids is 1. The molecule has 2 rings (SSSR count). The van der Waals surface area contributed by atoms with Crippen LogP contribution >= 0.6 is 0 Å². The van der Waals surface area contributed by atoms with E-state index in [-0.39, 0.29) is 17.3 Å². The summed E-state index contributed by atoms with van der Waals surface area (Å²) in [6.45, 7) is 1.30. The summed E-state index contributed by atoms with van der Waals surface area (Å²) in [6.07, 6.45) is -7.34. The molecular formula is C14H15F3N2O4. The van der Waals surface area contributed by atoms with E-state index in [2.05, 4.69) is 9.84 Å². The zero-order valence-corrected chi connectivity index (χ0v) is 12.4. The molecule has 1 amide bonds. The molecule has 0 unspecified atom stereocenters. The average Bonchev–Trinajstić information content (AvgIpc) is 2.87. The molecule has 0 aromatic heterocycles. The highest BCUT2D eigenvalue weighted by Gasteiger charge is 2.64. The second-order valence-corrected chi connectivity index (χ2v) is 4.78. The van der Waals surface area contributed by atoms with E-state index in [0.717, 1.165) is 0 Å². The van der Waals surface area contributed by atoms with Crippen LogP contribution in [0, 0.1) is 0 Å². The second-order valence-electron chi connectivity index (χ2n) is 4.78. The zero-order chi connectivity index (χ0) is 17.3. The van der Waals surface area contributed by atoms with Crippen molar-refractivity contribution in [1.29, 1.82) is 0 Å². The molecular weight excluding hydrogens is 317 g/mol. The van der Waals surface area contributed by atoms with Crippen molar-refractivity contribution in [1.82, 2.24) is 5.01 Å². The minimum Gasteiger partial charge on any atom is -0.497 e. The molecule has 1 N–H and O–H groups in total. The van der Waals surface area contributed by atoms with Gasteiger partial charge in [0.15, 0.2) is 0 Å². The van der Waals surface area contributed by atoms with Gasteiger partial charge in [-0.3, -0.25) is 0 Å². The molecule has 0 spiro atoms. The van der Waals surface area contributed by atoms with Crippen molar-refractivity contribution >= 4 is 11.8 Å². The molecule has 0 fully saturated rings. The standard InChI is InChI=1S/C14H15F3N2O4/c1-3-23-12(20)19-13(21,14(15,16)17)8-11(18-19)9-4-6-10(22-2)7-5-9/h4-7,21H,3,8H2,1-2H3/t13-/m1/s1. The van der Waals surface area contributed by atoms with Crippen molar-refractivity contribution in [2.75, 3.05) is 13.7 Å². The third-order valence-corrected chi connectivity index (χ3v) is 3.30. The lowest BCUT2D eigenvalue weighted by Crippen LogP contribution is -2.56. The van der Waals surface area contributed by atoms with Gasteiger partial charge >= 0.3 is 12.3 Å². The van der Waals surface area contributed by atoms with Gasteiger partial charge in [0.05, 0.1) is 25.8 Å². The fourth-order valence-electron chi connectivity index (χ4n) is 2.09. The van der Waals surface area contributed by atoms with Gasteiger partial charge in [0.2, 0.25) is 0 Å². The summed E-state index contributed by atoms with van der Waals surface area (Å²) >= 11 is 0. The van der Waals surface area contributed by atoms with E-state index in [1.165, 1.54) is 38.3 Å². The Kier molecular flexibility index (Phi) is 4.51. The Balaban J connectivity index is 2.38. The minimum atomic E-state index is -5.09. The Morgan fingerprint density at radius 1 is 1.39 bits per heavy atom. The van der Waals surface area contributed by atoms with Crippen LogP contribution in [-0.4, -0.2) is 47.5 Å². The number of carbonyl (C=O) groups is 1. The summed E-state index contributed by atoms with van der Waals surface area (Å²) in [4.78, 5) is 11.7. The average molecular weight is 332 g/mol. The van der Waals surface area contributed by atoms with Crippen LogP contribution in [0.2, 0.25) is 0 Å². The van der Waals surface area contributed by atoms with Gasteiger partial charge in [-0.1, -0.05) is 0 Å². The predicted octanol–water partition coefficient (Wildman–Crippen LogP) is 2.51. The molecule has 1 aromatic carbocycles. The molecule has 0 bridgehead atoms. The maximum absolute atomic E-state index is 13.2. The Labute approximate surface area is 130 Å². The number of hydrogen-bond acceptors (Lipinski definition) is 5. The minimum absolute atomic E-state index is 0.0595. The molecule has 6 nitrogen and oxygen atoms in total. The SMILES string of the molecule is CCOC(=O)N1N=C(c2ccc(OC)cc2)C[C@@]1(O)C(F)(F)F. The van der Waals surface area contributed by atoms with Gasteiger partial charge in [0, 0.05) is 0 Å². The van der Waals surface area contributed by atoms with Gasteiger partial charge in [-0.05, 0) is 36.8 Å². The van der Waals surface area contributed by atoms with E-state index in [1.807, 2.05) is 0 Å². The van der Waals surface area contributed by atoms with E-state index < -0.39 is 24.4 Å². The zero-order valence-electron chi connectivity index (χ0n) is 12.4. The molecule has 1 aromatic rings. The molecule has 1 aliphatic heterocycles. The lowest BCUT2D eigenvalue weighted by molar-refractivity contribution is -0.299. The van der Waals surface area contributed by atoms with E-state index in [1.54, 1.807) is 0 Å². The first kappa shape index (κ1) is 17.1. The number of nitrogens with zero attached hydrogens (tertiary/aromatic N) is 2. The van der Waals surface area contributed by atoms with Gasteiger partial charge in [-0.25, -0.2) is 4.79 Å². The van der Waals surface area contributed by atoms with Gasteiger partial charge in [-0.2, -0.15) is 23.3 Å². The highest BCUT2D eigenvalue weighted by Crippen LogP contribution is 2.41. The van der Waals surface area contributed by atoms with Crippen LogP contribution in [0.15, 0.2) is 29.4 Å². The Hall–Kier alpha value is -2.29. The fraction of sp³-hybridized carbons (Fsp3) is 0.429. The van der Waals surface area contributed by atoms with E-state index in [0.29, 0.717) is 11.3 Å². The molecule has 126 valence electrons. The smallest absolute Gasteiger partial charge is 0.439 e. The molecule has 0 saturated heterocycles. The number of benzene rings is 1. The predicted molar refractivity (Wildman–Crippen MR) is 74.0 cm³/mol. The number of alkyl halides is 3. The number of methoxy groups -OCH3 is 1. The Morgan fingerprint density at radius 3 is 2.48 bits per heavy atom. The van der Waals surface area contributed by atoms with Gasteiger partial charge in [0.25, 0.3) is 5.72 Å². The quantitative estimate of drug-likeness (QED) is 0.923. The van der Waals surface area contributed by atoms with Crippen molar-refractivity contribution in [3.8, 4) is 5.75 Å². The number of hydrazone groups is 1. The highest BCUT2D eigenvalue weighted by molar-refractivity contribution is 6.03. The maximum Gasteiger partial charge on any atom is 0.439 e. The van der Waals surface area contributed by atoms with Gasteiger partial charge in [-0.15, -0.1) is 0 Å². The van der Waals surface area contributed by atoms with Gasteiger partial charge in [0.1, 0.15) is 5.75 Å². The first-order chi connectivity index (χ1) is 10.7. The third-order valence-electron chi connectivity index (χ3n) is 3.30. The van der Waals surface area contributed by atoms with Crippen LogP contribution in [0.1, 0.15) is 18.9 Å². The molecule has 1 aliphatic rings. The number of ether oxygens (including phenoxy) is 2. The number of aliphatic hydroxyl groups is 1. The number of hydrogen-bond donors (Lipinski definition) is 1. The summed E-state index contributed by atoms with van der Waals surface area (Å²) in [5.74, 6) is 0.515. The molecule has 0 aliphatic carbocycles. The van der Waals surface area contributed by atoms with Crippen LogP contribution in [0.3, 0.4) is 0 Å². The summed E-state index contributed by atoms with van der Waals surface area (Å²) in [5, 5.41) is 13.5. The lowest BCUT2D eigenvalue weighted by atomic mass is 10.0. The molecule has 23 heavy (non-hydrogen) atoms. The molecule has 0 radical (unpaired) electrons. The second kappa shape index (κ2) is 6.07. The Morgan fingerprint density at radius 2 is 2.00 bits per heavy atom. The first-order valence-electron chi connectivity index (χ1n) is 6.71.